The van der Waals surface area contributed by atoms with Gasteiger partial charge in [0.15, 0.2) is 0 Å². The van der Waals surface area contributed by atoms with Gasteiger partial charge in [-0.25, -0.2) is 17.5 Å². The van der Waals surface area contributed by atoms with Crippen LogP contribution in [0.3, 0.4) is 0 Å². The number of nitrogens with one attached hydrogen (secondary N) is 1. The highest BCUT2D eigenvalue weighted by molar-refractivity contribution is 7.89. The fraction of sp³-hybridized carbons (Fsp3) is 0.500. The van der Waals surface area contributed by atoms with E-state index in [2.05, 4.69) is 4.72 Å². The smallest absolute Gasteiger partial charge is 0.242 e. The molecule has 0 aliphatic heterocycles. The van der Waals surface area contributed by atoms with E-state index in [1.807, 2.05) is 19.0 Å². The van der Waals surface area contributed by atoms with E-state index >= 15 is 0 Å². The van der Waals surface area contributed by atoms with Crippen molar-refractivity contribution in [2.24, 2.45) is 0 Å². The Bertz CT molecular complexity index is 532. The SMILES string of the molecule is CC(CCN(C)C)NS(=O)(=O)c1ccc(F)cc1N. The van der Waals surface area contributed by atoms with Gasteiger partial charge in [-0.1, -0.05) is 0 Å². The van der Waals surface area contributed by atoms with Crippen molar-refractivity contribution in [3.8, 4) is 0 Å². The van der Waals surface area contributed by atoms with E-state index < -0.39 is 15.8 Å². The third-order valence-electron chi connectivity index (χ3n) is 2.63. The van der Waals surface area contributed by atoms with Crippen molar-refractivity contribution < 1.29 is 12.8 Å². The van der Waals surface area contributed by atoms with Crippen molar-refractivity contribution >= 4 is 15.7 Å². The molecule has 1 atom stereocenters. The fourth-order valence-corrected chi connectivity index (χ4v) is 2.99. The molecule has 0 bridgehead atoms. The molecule has 0 aromatic heterocycles. The van der Waals surface area contributed by atoms with Gasteiger partial charge in [0.05, 0.1) is 5.69 Å². The second kappa shape index (κ2) is 6.31. The molecule has 0 radical (unpaired) electrons. The molecule has 1 aromatic rings. The lowest BCUT2D eigenvalue weighted by atomic mass is 10.2. The lowest BCUT2D eigenvalue weighted by molar-refractivity contribution is 0.379. The molecule has 19 heavy (non-hydrogen) atoms. The molecular formula is C12H20FN3O2S. The van der Waals surface area contributed by atoms with E-state index in [0.29, 0.717) is 6.42 Å². The number of halogens is 1. The molecule has 0 saturated carbocycles. The van der Waals surface area contributed by atoms with Gasteiger partial charge in [0.25, 0.3) is 0 Å². The third kappa shape index (κ3) is 4.77. The first-order valence-corrected chi connectivity index (χ1v) is 7.43. The molecule has 3 N–H and O–H groups in total. The Labute approximate surface area is 113 Å². The van der Waals surface area contributed by atoms with Gasteiger partial charge in [-0.2, -0.15) is 0 Å². The van der Waals surface area contributed by atoms with Crippen LogP contribution in [-0.2, 0) is 10.0 Å². The average Bonchev–Trinajstić information content (AvgIpc) is 2.25. The Morgan fingerprint density at radius 3 is 2.58 bits per heavy atom. The summed E-state index contributed by atoms with van der Waals surface area (Å²) in [4.78, 5) is 1.88. The standard InChI is InChI=1S/C12H20FN3O2S/c1-9(6-7-16(2)3)15-19(17,18)12-5-4-10(13)8-11(12)14/h4-5,8-9,15H,6-7,14H2,1-3H3. The van der Waals surface area contributed by atoms with Gasteiger partial charge < -0.3 is 10.6 Å². The molecular weight excluding hydrogens is 269 g/mol. The van der Waals surface area contributed by atoms with E-state index in [9.17, 15) is 12.8 Å². The minimum absolute atomic E-state index is 0.0905. The van der Waals surface area contributed by atoms with Crippen LogP contribution >= 0.6 is 0 Å². The highest BCUT2D eigenvalue weighted by atomic mass is 32.2. The van der Waals surface area contributed by atoms with E-state index in [-0.39, 0.29) is 16.6 Å². The molecule has 1 rings (SSSR count). The summed E-state index contributed by atoms with van der Waals surface area (Å²) in [5.74, 6) is -0.558. The summed E-state index contributed by atoms with van der Waals surface area (Å²) in [5.41, 5.74) is 5.45. The van der Waals surface area contributed by atoms with Crippen molar-refractivity contribution in [3.05, 3.63) is 24.0 Å². The lowest BCUT2D eigenvalue weighted by Crippen LogP contribution is -2.35. The molecule has 7 heteroatoms. The minimum atomic E-state index is -3.72. The Morgan fingerprint density at radius 1 is 1.42 bits per heavy atom. The summed E-state index contributed by atoms with van der Waals surface area (Å²) in [6, 6.07) is 3.02. The first kappa shape index (κ1) is 15.9. The number of hydrogen-bond acceptors (Lipinski definition) is 4. The minimum Gasteiger partial charge on any atom is -0.398 e. The molecule has 0 aliphatic carbocycles. The van der Waals surface area contributed by atoms with Crippen LogP contribution in [0.4, 0.5) is 10.1 Å². The Kier molecular flexibility index (Phi) is 5.28. The quantitative estimate of drug-likeness (QED) is 0.767. The summed E-state index contributed by atoms with van der Waals surface area (Å²) >= 11 is 0. The highest BCUT2D eigenvalue weighted by Crippen LogP contribution is 2.19. The van der Waals surface area contributed by atoms with Crippen LogP contribution in [0.15, 0.2) is 23.1 Å². The van der Waals surface area contributed by atoms with Crippen molar-refractivity contribution in [2.45, 2.75) is 24.3 Å². The van der Waals surface area contributed by atoms with Gasteiger partial charge in [-0.3, -0.25) is 0 Å². The normalized spacial score (nSPS) is 13.7. The van der Waals surface area contributed by atoms with E-state index in [1.54, 1.807) is 6.92 Å². The largest absolute Gasteiger partial charge is 0.398 e. The van der Waals surface area contributed by atoms with E-state index in [0.717, 1.165) is 18.7 Å². The first-order chi connectivity index (χ1) is 8.72. The molecule has 108 valence electrons. The summed E-state index contributed by atoms with van der Waals surface area (Å²) in [6.07, 6.45) is 0.674. The number of anilines is 1. The third-order valence-corrected chi connectivity index (χ3v) is 4.29. The molecule has 0 aliphatic rings. The van der Waals surface area contributed by atoms with Gasteiger partial charge >= 0.3 is 0 Å². The monoisotopic (exact) mass is 289 g/mol. The van der Waals surface area contributed by atoms with Crippen LogP contribution in [0.5, 0.6) is 0 Å². The van der Waals surface area contributed by atoms with Crippen LogP contribution in [-0.4, -0.2) is 40.0 Å². The van der Waals surface area contributed by atoms with Crippen molar-refractivity contribution in [1.82, 2.24) is 9.62 Å². The number of rotatable bonds is 6. The molecule has 0 amide bonds. The number of sulfonamides is 1. The predicted octanol–water partition coefficient (Wildman–Crippen LogP) is 1.03. The van der Waals surface area contributed by atoms with Crippen LogP contribution in [0, 0.1) is 5.82 Å². The maximum atomic E-state index is 12.9. The maximum absolute atomic E-state index is 12.9. The fourth-order valence-electron chi connectivity index (χ4n) is 1.60. The Hall–Kier alpha value is -1.18. The van der Waals surface area contributed by atoms with Gasteiger partial charge in [0, 0.05) is 6.04 Å². The highest BCUT2D eigenvalue weighted by Gasteiger charge is 2.20. The summed E-state index contributed by atoms with van der Waals surface area (Å²) in [7, 11) is 0.117. The van der Waals surface area contributed by atoms with Crippen LogP contribution in [0.1, 0.15) is 13.3 Å². The molecule has 1 unspecified atom stereocenters. The number of nitrogens with two attached hydrogens (primary N) is 1. The molecule has 0 heterocycles. The maximum Gasteiger partial charge on any atom is 0.242 e. The van der Waals surface area contributed by atoms with Crippen LogP contribution < -0.4 is 10.5 Å². The van der Waals surface area contributed by atoms with Crippen LogP contribution in [0.25, 0.3) is 0 Å². The number of nitrogen functional groups attached to an aromatic ring is 1. The Balaban J connectivity index is 2.81. The van der Waals surface area contributed by atoms with Crippen molar-refractivity contribution in [1.29, 1.82) is 0 Å². The number of hydrogen-bond donors (Lipinski definition) is 2. The van der Waals surface area contributed by atoms with Gasteiger partial charge in [-0.05, 0) is 52.2 Å². The van der Waals surface area contributed by atoms with Gasteiger partial charge in [0.1, 0.15) is 10.7 Å². The summed E-state index contributed by atoms with van der Waals surface area (Å²) < 4.78 is 39.6. The second-order valence-corrected chi connectivity index (χ2v) is 6.48. The zero-order chi connectivity index (χ0) is 14.6. The molecule has 1 aromatic carbocycles. The molecule has 0 spiro atoms. The van der Waals surface area contributed by atoms with Crippen LogP contribution in [0.2, 0.25) is 0 Å². The first-order valence-electron chi connectivity index (χ1n) is 5.94. The zero-order valence-corrected chi connectivity index (χ0v) is 12.2. The number of benzene rings is 1. The lowest BCUT2D eigenvalue weighted by Gasteiger charge is -2.17. The molecule has 0 saturated heterocycles. The van der Waals surface area contributed by atoms with Gasteiger partial charge in [-0.15, -0.1) is 0 Å². The predicted molar refractivity (Wildman–Crippen MR) is 73.8 cm³/mol. The molecule has 5 nitrogen and oxygen atoms in total. The second-order valence-electron chi connectivity index (χ2n) is 4.80. The van der Waals surface area contributed by atoms with E-state index in [4.69, 9.17) is 5.73 Å². The number of nitrogens with zero attached hydrogens (tertiary/aromatic N) is 1. The molecule has 0 fully saturated rings. The zero-order valence-electron chi connectivity index (χ0n) is 11.4. The van der Waals surface area contributed by atoms with Crippen molar-refractivity contribution in [3.63, 3.8) is 0 Å². The average molecular weight is 289 g/mol. The summed E-state index contributed by atoms with van der Waals surface area (Å²) in [6.45, 7) is 2.54. The van der Waals surface area contributed by atoms with Crippen molar-refractivity contribution in [2.75, 3.05) is 26.4 Å². The van der Waals surface area contributed by atoms with E-state index in [1.165, 1.54) is 6.07 Å². The summed E-state index contributed by atoms with van der Waals surface area (Å²) in [5, 5.41) is 0. The Morgan fingerprint density at radius 2 is 2.05 bits per heavy atom. The van der Waals surface area contributed by atoms with Gasteiger partial charge in [0.2, 0.25) is 10.0 Å². The topological polar surface area (TPSA) is 75.4 Å².